The molecule has 0 aliphatic carbocycles. The van der Waals surface area contributed by atoms with Gasteiger partial charge in [0.15, 0.2) is 11.6 Å². The number of aryl methyl sites for hydroxylation is 2. The van der Waals surface area contributed by atoms with Crippen LogP contribution in [0.1, 0.15) is 21.1 Å². The van der Waals surface area contributed by atoms with Gasteiger partial charge in [0.1, 0.15) is 0 Å². The van der Waals surface area contributed by atoms with Crippen LogP contribution in [0, 0.1) is 19.7 Å². The van der Waals surface area contributed by atoms with Gasteiger partial charge in [0, 0.05) is 4.70 Å². The molecule has 0 saturated carbocycles. The highest BCUT2D eigenvalue weighted by Gasteiger charge is 2.16. The third-order valence-electron chi connectivity index (χ3n) is 4.18. The predicted octanol–water partition coefficient (Wildman–Crippen LogP) is 5.49. The van der Waals surface area contributed by atoms with Crippen molar-refractivity contribution in [2.75, 3.05) is 5.32 Å². The quantitative estimate of drug-likeness (QED) is 0.498. The van der Waals surface area contributed by atoms with E-state index in [2.05, 4.69) is 15.3 Å². The molecule has 28 heavy (non-hydrogen) atoms. The Morgan fingerprint density at radius 3 is 2.43 bits per heavy atom. The molecule has 0 aliphatic heterocycles. The number of fused-ring (bicyclic) bond motifs is 1. The summed E-state index contributed by atoms with van der Waals surface area (Å²) in [6.45, 7) is 3.48. The molecule has 0 radical (unpaired) electrons. The molecule has 5 nitrogen and oxygen atoms in total. The summed E-state index contributed by atoms with van der Waals surface area (Å²) >= 11 is 1.42. The van der Waals surface area contributed by atoms with Gasteiger partial charge in [0.2, 0.25) is 0 Å². The lowest BCUT2D eigenvalue weighted by atomic mass is 10.2. The van der Waals surface area contributed by atoms with Gasteiger partial charge < -0.3 is 10.1 Å². The summed E-state index contributed by atoms with van der Waals surface area (Å²) in [6, 6.07) is 15.8. The summed E-state index contributed by atoms with van der Waals surface area (Å²) in [6.07, 6.45) is 0. The molecule has 4 rings (SSSR count). The highest BCUT2D eigenvalue weighted by Crippen LogP contribution is 2.28. The minimum atomic E-state index is -0.497. The molecule has 7 heteroatoms. The van der Waals surface area contributed by atoms with Crippen LogP contribution >= 0.6 is 11.3 Å². The van der Waals surface area contributed by atoms with Crippen LogP contribution in [0.3, 0.4) is 0 Å². The highest BCUT2D eigenvalue weighted by atomic mass is 32.1. The van der Waals surface area contributed by atoms with Gasteiger partial charge in [-0.2, -0.15) is 9.97 Å². The fourth-order valence-corrected chi connectivity index (χ4v) is 3.76. The number of anilines is 1. The van der Waals surface area contributed by atoms with Crippen molar-refractivity contribution in [3.8, 4) is 11.8 Å². The van der Waals surface area contributed by atoms with Crippen LogP contribution in [0.5, 0.6) is 11.8 Å². The Morgan fingerprint density at radius 1 is 1.04 bits per heavy atom. The van der Waals surface area contributed by atoms with E-state index in [0.717, 1.165) is 10.1 Å². The van der Waals surface area contributed by atoms with Gasteiger partial charge in [0.05, 0.1) is 22.0 Å². The van der Waals surface area contributed by atoms with Crippen LogP contribution in [0.15, 0.2) is 54.6 Å². The number of rotatable bonds is 4. The first-order chi connectivity index (χ1) is 13.5. The van der Waals surface area contributed by atoms with Crippen molar-refractivity contribution in [1.82, 2.24) is 9.97 Å². The molecular formula is C21H16FN3O2S. The van der Waals surface area contributed by atoms with E-state index in [1.165, 1.54) is 23.5 Å². The van der Waals surface area contributed by atoms with Crippen molar-refractivity contribution in [2.45, 2.75) is 13.8 Å². The number of carbonyl (C=O) groups excluding carboxylic acids is 1. The molecule has 2 heterocycles. The standard InChI is InChI=1S/C21H16FN3O2S/c1-12-19(25-20(26)18-11-14-7-3-6-10-17(14)28-18)13(2)24-21(23-12)27-16-9-5-4-8-15(16)22/h3-11H,1-2H3,(H,25,26). The number of amides is 1. The Morgan fingerprint density at radius 2 is 1.71 bits per heavy atom. The molecule has 0 saturated heterocycles. The number of halogens is 1. The first kappa shape index (κ1) is 18.1. The SMILES string of the molecule is Cc1nc(Oc2ccccc2F)nc(C)c1NC(=O)c1cc2ccccc2s1. The summed E-state index contributed by atoms with van der Waals surface area (Å²) in [4.78, 5) is 21.8. The summed E-state index contributed by atoms with van der Waals surface area (Å²) in [7, 11) is 0. The van der Waals surface area contributed by atoms with E-state index >= 15 is 0 Å². The molecule has 2 aromatic heterocycles. The van der Waals surface area contributed by atoms with Gasteiger partial charge in [-0.3, -0.25) is 4.79 Å². The summed E-state index contributed by atoms with van der Waals surface area (Å²) in [5, 5.41) is 3.90. The molecular weight excluding hydrogens is 377 g/mol. The number of nitrogens with zero attached hydrogens (tertiary/aromatic N) is 2. The normalized spacial score (nSPS) is 10.8. The Hall–Kier alpha value is -3.32. The van der Waals surface area contributed by atoms with Crippen molar-refractivity contribution in [3.05, 3.63) is 76.7 Å². The van der Waals surface area contributed by atoms with Crippen LogP contribution in [-0.2, 0) is 0 Å². The minimum Gasteiger partial charge on any atom is -0.421 e. The van der Waals surface area contributed by atoms with Gasteiger partial charge in [-0.25, -0.2) is 4.39 Å². The molecule has 4 aromatic rings. The number of para-hydroxylation sites is 1. The lowest BCUT2D eigenvalue weighted by Gasteiger charge is -2.12. The van der Waals surface area contributed by atoms with E-state index < -0.39 is 5.82 Å². The van der Waals surface area contributed by atoms with Gasteiger partial charge in [-0.1, -0.05) is 30.3 Å². The number of aromatic nitrogens is 2. The maximum atomic E-state index is 13.8. The van der Waals surface area contributed by atoms with Crippen molar-refractivity contribution in [3.63, 3.8) is 0 Å². The summed E-state index contributed by atoms with van der Waals surface area (Å²) in [5.74, 6) is -0.675. The summed E-state index contributed by atoms with van der Waals surface area (Å²) in [5.41, 5.74) is 1.59. The smallest absolute Gasteiger partial charge is 0.322 e. The average Bonchev–Trinajstić information content (AvgIpc) is 3.11. The van der Waals surface area contributed by atoms with Crippen LogP contribution < -0.4 is 10.1 Å². The fourth-order valence-electron chi connectivity index (χ4n) is 2.81. The van der Waals surface area contributed by atoms with Crippen LogP contribution in [0.25, 0.3) is 10.1 Å². The zero-order valence-electron chi connectivity index (χ0n) is 15.2. The van der Waals surface area contributed by atoms with Crippen molar-refractivity contribution in [1.29, 1.82) is 0 Å². The molecule has 0 bridgehead atoms. The first-order valence-corrected chi connectivity index (χ1v) is 9.40. The van der Waals surface area contributed by atoms with Crippen molar-refractivity contribution >= 4 is 33.0 Å². The van der Waals surface area contributed by atoms with Crippen LogP contribution in [-0.4, -0.2) is 15.9 Å². The van der Waals surface area contributed by atoms with E-state index in [9.17, 15) is 9.18 Å². The second kappa shape index (κ2) is 7.36. The van der Waals surface area contributed by atoms with E-state index in [4.69, 9.17) is 4.74 Å². The van der Waals surface area contributed by atoms with E-state index in [0.29, 0.717) is 22.0 Å². The lowest BCUT2D eigenvalue weighted by molar-refractivity contribution is 0.103. The Kier molecular flexibility index (Phi) is 4.75. The largest absolute Gasteiger partial charge is 0.421 e. The van der Waals surface area contributed by atoms with E-state index in [1.807, 2.05) is 30.3 Å². The zero-order valence-corrected chi connectivity index (χ0v) is 16.0. The van der Waals surface area contributed by atoms with Crippen LogP contribution in [0.2, 0.25) is 0 Å². The van der Waals surface area contributed by atoms with Crippen molar-refractivity contribution in [2.24, 2.45) is 0 Å². The topological polar surface area (TPSA) is 64.1 Å². The second-order valence-electron chi connectivity index (χ2n) is 6.19. The number of ether oxygens (including phenoxy) is 1. The van der Waals surface area contributed by atoms with Gasteiger partial charge >= 0.3 is 6.01 Å². The molecule has 140 valence electrons. The number of hydrogen-bond acceptors (Lipinski definition) is 5. The molecule has 0 unspecified atom stereocenters. The number of carbonyl (C=O) groups is 1. The third-order valence-corrected chi connectivity index (χ3v) is 5.29. The monoisotopic (exact) mass is 393 g/mol. The molecule has 0 atom stereocenters. The Labute approximate surface area is 164 Å². The molecule has 0 aliphatic rings. The third kappa shape index (κ3) is 3.57. The van der Waals surface area contributed by atoms with E-state index in [-0.39, 0.29) is 17.7 Å². The fraction of sp³-hybridized carbons (Fsp3) is 0.0952. The number of hydrogen-bond donors (Lipinski definition) is 1. The van der Waals surface area contributed by atoms with Crippen molar-refractivity contribution < 1.29 is 13.9 Å². The maximum absolute atomic E-state index is 13.8. The molecule has 1 amide bonds. The number of benzene rings is 2. The first-order valence-electron chi connectivity index (χ1n) is 8.59. The van der Waals surface area contributed by atoms with Gasteiger partial charge in [0.25, 0.3) is 5.91 Å². The number of thiophene rings is 1. The highest BCUT2D eigenvalue weighted by molar-refractivity contribution is 7.20. The molecule has 2 aromatic carbocycles. The van der Waals surface area contributed by atoms with Crippen LogP contribution in [0.4, 0.5) is 10.1 Å². The molecule has 0 spiro atoms. The Balaban J connectivity index is 1.58. The minimum absolute atomic E-state index is 0.0277. The van der Waals surface area contributed by atoms with Gasteiger partial charge in [-0.15, -0.1) is 11.3 Å². The van der Waals surface area contributed by atoms with E-state index in [1.54, 1.807) is 26.0 Å². The predicted molar refractivity (Wildman–Crippen MR) is 108 cm³/mol. The molecule has 1 N–H and O–H groups in total. The molecule has 0 fully saturated rings. The maximum Gasteiger partial charge on any atom is 0.322 e. The second-order valence-corrected chi connectivity index (χ2v) is 7.27. The Bertz CT molecular complexity index is 1130. The lowest BCUT2D eigenvalue weighted by Crippen LogP contribution is -2.14. The average molecular weight is 393 g/mol. The van der Waals surface area contributed by atoms with Gasteiger partial charge in [-0.05, 0) is 43.5 Å². The number of nitrogens with one attached hydrogen (secondary N) is 1. The zero-order chi connectivity index (χ0) is 19.7. The summed E-state index contributed by atoms with van der Waals surface area (Å²) < 4.78 is 20.3.